The lowest BCUT2D eigenvalue weighted by Gasteiger charge is -2.19. The fraction of sp³-hybridized carbons (Fsp3) is 0.417. The Kier molecular flexibility index (Phi) is 8.64. The highest BCUT2D eigenvalue weighted by Gasteiger charge is 2.00. The summed E-state index contributed by atoms with van der Waals surface area (Å²) in [6, 6.07) is 10.2. The molecule has 0 bridgehead atoms. The first-order chi connectivity index (χ1) is 7.74. The molecule has 0 radical (unpaired) electrons. The number of nitrogens with zero attached hydrogens (tertiary/aromatic N) is 1. The molecule has 0 aliphatic heterocycles. The molecule has 1 aromatic carbocycles. The van der Waals surface area contributed by atoms with Crippen molar-refractivity contribution in [2.75, 3.05) is 30.9 Å². The third-order valence-electron chi connectivity index (χ3n) is 2.31. The first-order valence-electron chi connectivity index (χ1n) is 5.33. The molecule has 0 unspecified atom stereocenters. The lowest BCUT2D eigenvalue weighted by Crippen LogP contribution is -3.00. The number of amides is 1. The molecule has 0 saturated carbocycles. The molecule has 1 amide bonds. The third kappa shape index (κ3) is 6.39. The van der Waals surface area contributed by atoms with Gasteiger partial charge in [0.15, 0.2) is 0 Å². The molecule has 5 heteroatoms. The summed E-state index contributed by atoms with van der Waals surface area (Å²) in [5.74, 6) is -0.0711. The van der Waals surface area contributed by atoms with Gasteiger partial charge in [0.05, 0.1) is 0 Å². The summed E-state index contributed by atoms with van der Waals surface area (Å²) < 4.78 is 0. The number of alkyl halides is 1. The molecule has 1 N–H and O–H groups in total. The van der Waals surface area contributed by atoms with E-state index in [4.69, 9.17) is 11.6 Å². The molecule has 0 aromatic heterocycles. The molecule has 0 spiro atoms. The van der Waals surface area contributed by atoms with Gasteiger partial charge in [0.2, 0.25) is 5.91 Å². The second-order valence-corrected chi connectivity index (χ2v) is 3.86. The first kappa shape index (κ1) is 16.1. The Labute approximate surface area is 114 Å². The van der Waals surface area contributed by atoms with E-state index >= 15 is 0 Å². The number of carbonyl (C=O) groups excluding carboxylic acids is 1. The van der Waals surface area contributed by atoms with E-state index in [9.17, 15) is 4.79 Å². The summed E-state index contributed by atoms with van der Waals surface area (Å²) in [6.45, 7) is 1.58. The summed E-state index contributed by atoms with van der Waals surface area (Å²) in [7, 11) is 2.04. The third-order valence-corrected chi connectivity index (χ3v) is 2.55. The van der Waals surface area contributed by atoms with Crippen molar-refractivity contribution in [3.63, 3.8) is 0 Å². The van der Waals surface area contributed by atoms with Crippen molar-refractivity contribution in [2.45, 2.75) is 6.42 Å². The van der Waals surface area contributed by atoms with Crippen molar-refractivity contribution in [1.29, 1.82) is 0 Å². The Bertz CT molecular complexity index is 320. The highest BCUT2D eigenvalue weighted by atomic mass is 35.5. The number of rotatable bonds is 6. The van der Waals surface area contributed by atoms with Crippen LogP contribution in [-0.2, 0) is 4.79 Å². The molecular formula is C12H17Cl2N2O-. The molecule has 0 heterocycles. The van der Waals surface area contributed by atoms with Crippen LogP contribution in [0.15, 0.2) is 30.3 Å². The molecule has 0 atom stereocenters. The molecule has 0 aliphatic carbocycles. The molecule has 0 aliphatic rings. The fourth-order valence-electron chi connectivity index (χ4n) is 1.40. The van der Waals surface area contributed by atoms with Crippen molar-refractivity contribution >= 4 is 23.2 Å². The maximum atomic E-state index is 10.9. The summed E-state index contributed by atoms with van der Waals surface area (Å²) in [6.07, 6.45) is 0.911. The smallest absolute Gasteiger partial charge is 0.234 e. The van der Waals surface area contributed by atoms with Crippen LogP contribution < -0.4 is 22.6 Å². The number of carbonyl (C=O) groups is 1. The van der Waals surface area contributed by atoms with E-state index in [0.717, 1.165) is 13.0 Å². The molecule has 0 saturated heterocycles. The van der Waals surface area contributed by atoms with E-state index in [1.54, 1.807) is 0 Å². The summed E-state index contributed by atoms with van der Waals surface area (Å²) in [5.41, 5.74) is 1.19. The zero-order valence-corrected chi connectivity index (χ0v) is 11.3. The zero-order chi connectivity index (χ0) is 11.8. The number of para-hydroxylation sites is 1. The number of nitrogens with one attached hydrogen (secondary N) is 1. The quantitative estimate of drug-likeness (QED) is 0.527. The molecule has 1 rings (SSSR count). The minimum Gasteiger partial charge on any atom is -1.00 e. The second kappa shape index (κ2) is 9.14. The fourth-order valence-corrected chi connectivity index (χ4v) is 1.50. The van der Waals surface area contributed by atoms with Crippen LogP contribution in [0.5, 0.6) is 0 Å². The molecule has 0 fully saturated rings. The van der Waals surface area contributed by atoms with Gasteiger partial charge in [-0.25, -0.2) is 0 Å². The van der Waals surface area contributed by atoms with Crippen LogP contribution in [0, 0.1) is 0 Å². The molecule has 1 aromatic rings. The minimum atomic E-state index is -0.107. The Morgan fingerprint density at radius 3 is 2.59 bits per heavy atom. The largest absolute Gasteiger partial charge is 1.00 e. The van der Waals surface area contributed by atoms with E-state index in [0.29, 0.717) is 6.54 Å². The highest BCUT2D eigenvalue weighted by Crippen LogP contribution is 2.10. The van der Waals surface area contributed by atoms with Gasteiger partial charge in [0.25, 0.3) is 0 Å². The zero-order valence-electron chi connectivity index (χ0n) is 9.83. The van der Waals surface area contributed by atoms with Crippen molar-refractivity contribution in [3.8, 4) is 0 Å². The van der Waals surface area contributed by atoms with Gasteiger partial charge in [0, 0.05) is 25.8 Å². The van der Waals surface area contributed by atoms with E-state index < -0.39 is 0 Å². The first-order valence-corrected chi connectivity index (χ1v) is 5.86. The van der Waals surface area contributed by atoms with Gasteiger partial charge >= 0.3 is 0 Å². The van der Waals surface area contributed by atoms with E-state index in [2.05, 4.69) is 22.3 Å². The van der Waals surface area contributed by atoms with Crippen molar-refractivity contribution in [3.05, 3.63) is 30.3 Å². The van der Waals surface area contributed by atoms with Crippen LogP contribution >= 0.6 is 11.6 Å². The van der Waals surface area contributed by atoms with E-state index in [-0.39, 0.29) is 24.2 Å². The monoisotopic (exact) mass is 275 g/mol. The standard InChI is InChI=1S/C12H17ClN2O.ClH/c1-15(11-6-3-2-4-7-11)9-5-8-14-12(16)10-13;/h2-4,6-7H,5,8-10H2,1H3,(H,14,16);1H/p-1. The Morgan fingerprint density at radius 2 is 2.00 bits per heavy atom. The van der Waals surface area contributed by atoms with Crippen molar-refractivity contribution in [1.82, 2.24) is 5.32 Å². The van der Waals surface area contributed by atoms with Crippen LogP contribution in [0.1, 0.15) is 6.42 Å². The lowest BCUT2D eigenvalue weighted by atomic mass is 10.3. The molecule has 3 nitrogen and oxygen atoms in total. The van der Waals surface area contributed by atoms with Crippen LogP contribution in [0.25, 0.3) is 0 Å². The van der Waals surface area contributed by atoms with Gasteiger partial charge < -0.3 is 22.6 Å². The summed E-state index contributed by atoms with van der Waals surface area (Å²) >= 11 is 5.37. The van der Waals surface area contributed by atoms with E-state index in [1.165, 1.54) is 5.69 Å². The SMILES string of the molecule is CN(CCCNC(=O)CCl)c1ccccc1.[Cl-]. The Hall–Kier alpha value is -0.930. The average molecular weight is 276 g/mol. The van der Waals surface area contributed by atoms with Crippen LogP contribution in [0.2, 0.25) is 0 Å². The maximum absolute atomic E-state index is 10.9. The van der Waals surface area contributed by atoms with Crippen LogP contribution in [-0.4, -0.2) is 31.9 Å². The van der Waals surface area contributed by atoms with Crippen molar-refractivity contribution < 1.29 is 17.2 Å². The van der Waals surface area contributed by atoms with Gasteiger partial charge in [-0.2, -0.15) is 0 Å². The Morgan fingerprint density at radius 1 is 1.35 bits per heavy atom. The highest BCUT2D eigenvalue weighted by molar-refractivity contribution is 6.27. The van der Waals surface area contributed by atoms with Gasteiger partial charge in [-0.1, -0.05) is 18.2 Å². The van der Waals surface area contributed by atoms with Gasteiger partial charge in [-0.15, -0.1) is 11.6 Å². The summed E-state index contributed by atoms with van der Waals surface area (Å²) in [5, 5.41) is 2.74. The molecule has 96 valence electrons. The number of hydrogen-bond donors (Lipinski definition) is 1. The molecular weight excluding hydrogens is 259 g/mol. The van der Waals surface area contributed by atoms with Crippen molar-refractivity contribution in [2.24, 2.45) is 0 Å². The topological polar surface area (TPSA) is 32.3 Å². The normalized spacial score (nSPS) is 9.29. The predicted octanol–water partition coefficient (Wildman–Crippen LogP) is -1.13. The number of benzene rings is 1. The summed E-state index contributed by atoms with van der Waals surface area (Å²) in [4.78, 5) is 13.0. The number of halogens is 2. The number of anilines is 1. The maximum Gasteiger partial charge on any atom is 0.234 e. The average Bonchev–Trinajstić information content (AvgIpc) is 2.35. The number of hydrogen-bond acceptors (Lipinski definition) is 2. The van der Waals surface area contributed by atoms with Crippen LogP contribution in [0.3, 0.4) is 0 Å². The van der Waals surface area contributed by atoms with Gasteiger partial charge in [-0.05, 0) is 18.6 Å². The lowest BCUT2D eigenvalue weighted by molar-refractivity contribution is -0.118. The molecule has 17 heavy (non-hydrogen) atoms. The second-order valence-electron chi connectivity index (χ2n) is 3.59. The van der Waals surface area contributed by atoms with Crippen LogP contribution in [0.4, 0.5) is 5.69 Å². The minimum absolute atomic E-state index is 0. The van der Waals surface area contributed by atoms with Gasteiger partial charge in [-0.3, -0.25) is 4.79 Å². The predicted molar refractivity (Wildman–Crippen MR) is 68.1 cm³/mol. The van der Waals surface area contributed by atoms with Gasteiger partial charge in [0.1, 0.15) is 5.88 Å². The van der Waals surface area contributed by atoms with E-state index in [1.807, 2.05) is 25.2 Å². The Balaban J connectivity index is 0.00000256.